The number of aromatic nitrogens is 1. The second-order valence-corrected chi connectivity index (χ2v) is 4.79. The van der Waals surface area contributed by atoms with Gasteiger partial charge in [-0.1, -0.05) is 5.16 Å². The molecule has 1 aromatic heterocycles. The van der Waals surface area contributed by atoms with Gasteiger partial charge in [0.1, 0.15) is 0 Å². The van der Waals surface area contributed by atoms with Gasteiger partial charge in [-0.15, -0.1) is 0 Å². The summed E-state index contributed by atoms with van der Waals surface area (Å²) in [6, 6.07) is 1.57. The molecule has 2 rings (SSSR count). The van der Waals surface area contributed by atoms with Crippen LogP contribution in [0.3, 0.4) is 0 Å². The fourth-order valence-corrected chi connectivity index (χ4v) is 2.20. The van der Waals surface area contributed by atoms with E-state index >= 15 is 0 Å². The van der Waals surface area contributed by atoms with Gasteiger partial charge in [-0.05, 0) is 19.3 Å². The number of carbonyl (C=O) groups is 2. The summed E-state index contributed by atoms with van der Waals surface area (Å²) in [4.78, 5) is 24.1. The SMILES string of the molecule is Cc1cc(CNC(=O)N2CCC(CC(=O)O)C2)on1. The molecule has 1 saturated heterocycles. The number of carboxylic acid groups (broad SMARTS) is 1. The molecular formula is C12H17N3O4. The van der Waals surface area contributed by atoms with Crippen molar-refractivity contribution < 1.29 is 19.2 Å². The van der Waals surface area contributed by atoms with Gasteiger partial charge in [0.15, 0.2) is 5.76 Å². The second kappa shape index (κ2) is 5.73. The largest absolute Gasteiger partial charge is 0.481 e. The van der Waals surface area contributed by atoms with E-state index in [1.165, 1.54) is 0 Å². The molecule has 1 aliphatic rings. The fraction of sp³-hybridized carbons (Fsp3) is 0.583. The van der Waals surface area contributed by atoms with Crippen LogP contribution in [0, 0.1) is 12.8 Å². The molecule has 19 heavy (non-hydrogen) atoms. The van der Waals surface area contributed by atoms with Gasteiger partial charge in [-0.3, -0.25) is 4.79 Å². The summed E-state index contributed by atoms with van der Waals surface area (Å²) in [5.41, 5.74) is 0.770. The van der Waals surface area contributed by atoms with E-state index < -0.39 is 5.97 Å². The van der Waals surface area contributed by atoms with Crippen molar-refractivity contribution in [2.75, 3.05) is 13.1 Å². The molecule has 1 unspecified atom stereocenters. The minimum atomic E-state index is -0.815. The van der Waals surface area contributed by atoms with E-state index in [-0.39, 0.29) is 18.4 Å². The van der Waals surface area contributed by atoms with Gasteiger partial charge in [0.05, 0.1) is 12.2 Å². The molecule has 1 aliphatic heterocycles. The second-order valence-electron chi connectivity index (χ2n) is 4.79. The zero-order valence-corrected chi connectivity index (χ0v) is 10.8. The molecule has 2 N–H and O–H groups in total. The molecule has 2 heterocycles. The van der Waals surface area contributed by atoms with Gasteiger partial charge < -0.3 is 19.8 Å². The van der Waals surface area contributed by atoms with Crippen molar-refractivity contribution in [2.45, 2.75) is 26.3 Å². The standard InChI is InChI=1S/C12H17N3O4/c1-8-4-10(19-14-8)6-13-12(18)15-3-2-9(7-15)5-11(16)17/h4,9H,2-3,5-7H2,1H3,(H,13,18)(H,16,17). The molecule has 1 aromatic rings. The molecule has 0 spiro atoms. The Morgan fingerprint density at radius 2 is 2.42 bits per heavy atom. The minimum absolute atomic E-state index is 0.0516. The van der Waals surface area contributed by atoms with Crippen LogP contribution in [0.1, 0.15) is 24.3 Å². The number of hydrogen-bond donors (Lipinski definition) is 2. The average molecular weight is 267 g/mol. The zero-order chi connectivity index (χ0) is 13.8. The van der Waals surface area contributed by atoms with Crippen molar-refractivity contribution in [2.24, 2.45) is 5.92 Å². The lowest BCUT2D eigenvalue weighted by Gasteiger charge is -2.16. The Hall–Kier alpha value is -2.05. The number of carboxylic acids is 1. The highest BCUT2D eigenvalue weighted by molar-refractivity contribution is 5.74. The zero-order valence-electron chi connectivity index (χ0n) is 10.8. The number of carbonyl (C=O) groups excluding carboxylic acids is 1. The van der Waals surface area contributed by atoms with E-state index in [2.05, 4.69) is 10.5 Å². The minimum Gasteiger partial charge on any atom is -0.481 e. The molecule has 7 nitrogen and oxygen atoms in total. The van der Waals surface area contributed by atoms with Crippen molar-refractivity contribution in [3.8, 4) is 0 Å². The third-order valence-corrected chi connectivity index (χ3v) is 3.13. The van der Waals surface area contributed by atoms with Crippen LogP contribution in [0.15, 0.2) is 10.6 Å². The molecular weight excluding hydrogens is 250 g/mol. The summed E-state index contributed by atoms with van der Waals surface area (Å²) in [5.74, 6) is -0.160. The Balaban J connectivity index is 1.76. The van der Waals surface area contributed by atoms with Crippen molar-refractivity contribution in [3.63, 3.8) is 0 Å². The van der Waals surface area contributed by atoms with Crippen LogP contribution in [0.5, 0.6) is 0 Å². The number of aryl methyl sites for hydroxylation is 1. The van der Waals surface area contributed by atoms with Gasteiger partial charge >= 0.3 is 12.0 Å². The third kappa shape index (κ3) is 3.70. The molecule has 0 aromatic carbocycles. The maximum atomic E-state index is 11.9. The quantitative estimate of drug-likeness (QED) is 0.848. The van der Waals surface area contributed by atoms with Crippen molar-refractivity contribution in [3.05, 3.63) is 17.5 Å². The maximum Gasteiger partial charge on any atom is 0.317 e. The topological polar surface area (TPSA) is 95.7 Å². The first-order valence-corrected chi connectivity index (χ1v) is 6.21. The summed E-state index contributed by atoms with van der Waals surface area (Å²) in [6.45, 7) is 3.19. The van der Waals surface area contributed by atoms with E-state index in [9.17, 15) is 9.59 Å². The maximum absolute atomic E-state index is 11.9. The highest BCUT2D eigenvalue weighted by Gasteiger charge is 2.27. The highest BCUT2D eigenvalue weighted by atomic mass is 16.5. The normalized spacial score (nSPS) is 18.6. The molecule has 1 atom stereocenters. The van der Waals surface area contributed by atoms with Crippen molar-refractivity contribution in [1.82, 2.24) is 15.4 Å². The summed E-state index contributed by atoms with van der Waals surface area (Å²) >= 11 is 0. The number of hydrogen-bond acceptors (Lipinski definition) is 4. The van der Waals surface area contributed by atoms with Gasteiger partial charge in [-0.2, -0.15) is 0 Å². The summed E-state index contributed by atoms with van der Waals surface area (Å²) in [5, 5.41) is 15.2. The number of likely N-dealkylation sites (tertiary alicyclic amines) is 1. The number of nitrogens with one attached hydrogen (secondary N) is 1. The van der Waals surface area contributed by atoms with Crippen LogP contribution in [0.4, 0.5) is 4.79 Å². The lowest BCUT2D eigenvalue weighted by Crippen LogP contribution is -2.38. The van der Waals surface area contributed by atoms with Crippen LogP contribution in [0.25, 0.3) is 0 Å². The van der Waals surface area contributed by atoms with Gasteiger partial charge in [-0.25, -0.2) is 4.79 Å². The van der Waals surface area contributed by atoms with E-state index in [0.717, 1.165) is 12.1 Å². The molecule has 7 heteroatoms. The van der Waals surface area contributed by atoms with E-state index in [1.54, 1.807) is 11.0 Å². The number of amides is 2. The molecule has 0 saturated carbocycles. The Bertz CT molecular complexity index is 471. The van der Waals surface area contributed by atoms with Crippen LogP contribution in [-0.4, -0.2) is 40.3 Å². The number of urea groups is 1. The Labute approximate surface area is 110 Å². The number of aliphatic carboxylic acids is 1. The van der Waals surface area contributed by atoms with Gasteiger partial charge in [0.2, 0.25) is 0 Å². The average Bonchev–Trinajstić information content (AvgIpc) is 2.95. The Kier molecular flexibility index (Phi) is 4.03. The summed E-state index contributed by atoms with van der Waals surface area (Å²) < 4.78 is 4.99. The van der Waals surface area contributed by atoms with E-state index in [0.29, 0.717) is 25.4 Å². The fourth-order valence-electron chi connectivity index (χ4n) is 2.20. The molecule has 2 amide bonds. The Morgan fingerprint density at radius 1 is 1.63 bits per heavy atom. The summed E-state index contributed by atoms with van der Waals surface area (Å²) in [7, 11) is 0. The molecule has 104 valence electrons. The Morgan fingerprint density at radius 3 is 3.05 bits per heavy atom. The monoisotopic (exact) mass is 267 g/mol. The van der Waals surface area contributed by atoms with Crippen LogP contribution in [-0.2, 0) is 11.3 Å². The molecule has 0 aliphatic carbocycles. The molecule has 0 bridgehead atoms. The van der Waals surface area contributed by atoms with Crippen LogP contribution < -0.4 is 5.32 Å². The lowest BCUT2D eigenvalue weighted by atomic mass is 10.1. The molecule has 0 radical (unpaired) electrons. The van der Waals surface area contributed by atoms with Gasteiger partial charge in [0.25, 0.3) is 0 Å². The first kappa shape index (κ1) is 13.4. The highest BCUT2D eigenvalue weighted by Crippen LogP contribution is 2.19. The predicted octanol–water partition coefficient (Wildman–Crippen LogP) is 0.989. The van der Waals surface area contributed by atoms with Crippen LogP contribution >= 0.6 is 0 Å². The van der Waals surface area contributed by atoms with Crippen molar-refractivity contribution >= 4 is 12.0 Å². The summed E-state index contributed by atoms with van der Waals surface area (Å²) in [6.07, 6.45) is 0.853. The first-order chi connectivity index (χ1) is 9.04. The first-order valence-electron chi connectivity index (χ1n) is 6.21. The predicted molar refractivity (Wildman–Crippen MR) is 65.4 cm³/mol. The van der Waals surface area contributed by atoms with Gasteiger partial charge in [0, 0.05) is 25.6 Å². The lowest BCUT2D eigenvalue weighted by molar-refractivity contribution is -0.138. The smallest absolute Gasteiger partial charge is 0.317 e. The molecule has 1 fully saturated rings. The van der Waals surface area contributed by atoms with Crippen LogP contribution in [0.2, 0.25) is 0 Å². The van der Waals surface area contributed by atoms with E-state index in [4.69, 9.17) is 9.63 Å². The van der Waals surface area contributed by atoms with Crippen molar-refractivity contribution in [1.29, 1.82) is 0 Å². The van der Waals surface area contributed by atoms with E-state index in [1.807, 2.05) is 6.92 Å². The number of nitrogens with zero attached hydrogens (tertiary/aromatic N) is 2. The number of rotatable bonds is 4. The third-order valence-electron chi connectivity index (χ3n) is 3.13.